The average Bonchev–Trinajstić information content (AvgIpc) is 2.57. The molecule has 1 aliphatic rings. The minimum atomic E-state index is -4.48. The van der Waals surface area contributed by atoms with Crippen LogP contribution in [0.1, 0.15) is 23.1 Å². The van der Waals surface area contributed by atoms with Gasteiger partial charge in [-0.25, -0.2) is 0 Å². The lowest BCUT2D eigenvalue weighted by Crippen LogP contribution is -2.32. The molecule has 1 unspecified atom stereocenters. The zero-order valence-electron chi connectivity index (χ0n) is 14.6. The summed E-state index contributed by atoms with van der Waals surface area (Å²) in [4.78, 5) is 25.0. The Hall–Kier alpha value is -2.48. The van der Waals surface area contributed by atoms with Gasteiger partial charge in [0.2, 0.25) is 11.8 Å². The van der Waals surface area contributed by atoms with E-state index in [1.165, 1.54) is 6.07 Å². The van der Waals surface area contributed by atoms with Crippen molar-refractivity contribution in [3.63, 3.8) is 0 Å². The van der Waals surface area contributed by atoms with Crippen molar-refractivity contribution in [3.8, 4) is 0 Å². The molecule has 0 spiro atoms. The number of nitrogens with one attached hydrogen (secondary N) is 2. The quantitative estimate of drug-likeness (QED) is 0.789. The standard InChI is InChI=1S/C19H17F3N2O2S/c1-10-3-5-13(7-11(10)2)23-17(25)9-16-18(26)24-14-8-12(19(20,21)22)4-6-15(14)27-16/h3-8,16H,9H2,1-2H3,(H,23,25)(H,24,26). The average molecular weight is 394 g/mol. The van der Waals surface area contributed by atoms with Crippen molar-refractivity contribution in [3.05, 3.63) is 53.1 Å². The monoisotopic (exact) mass is 394 g/mol. The number of alkyl halides is 3. The van der Waals surface area contributed by atoms with Gasteiger partial charge in [-0.1, -0.05) is 6.07 Å². The van der Waals surface area contributed by atoms with Gasteiger partial charge in [0.05, 0.1) is 16.5 Å². The zero-order chi connectivity index (χ0) is 19.8. The van der Waals surface area contributed by atoms with Crippen LogP contribution in [0.4, 0.5) is 24.5 Å². The normalized spacial score (nSPS) is 16.5. The third-order valence-corrected chi connectivity index (χ3v) is 5.56. The fourth-order valence-electron chi connectivity index (χ4n) is 2.66. The first-order valence-corrected chi connectivity index (χ1v) is 9.07. The molecule has 27 heavy (non-hydrogen) atoms. The summed E-state index contributed by atoms with van der Waals surface area (Å²) in [6.45, 7) is 3.90. The molecule has 1 atom stereocenters. The maximum atomic E-state index is 12.8. The first kappa shape index (κ1) is 19.3. The molecule has 2 aromatic rings. The molecule has 0 radical (unpaired) electrons. The van der Waals surface area contributed by atoms with Crippen molar-refractivity contribution in [2.24, 2.45) is 0 Å². The number of carbonyl (C=O) groups excluding carboxylic acids is 2. The second-order valence-corrected chi connectivity index (χ2v) is 7.60. The third-order valence-electron chi connectivity index (χ3n) is 4.29. The van der Waals surface area contributed by atoms with E-state index in [9.17, 15) is 22.8 Å². The zero-order valence-corrected chi connectivity index (χ0v) is 15.4. The van der Waals surface area contributed by atoms with E-state index in [4.69, 9.17) is 0 Å². The summed E-state index contributed by atoms with van der Waals surface area (Å²) >= 11 is 1.09. The molecule has 0 aliphatic carbocycles. The Morgan fingerprint density at radius 1 is 1.15 bits per heavy atom. The van der Waals surface area contributed by atoms with Gasteiger partial charge in [-0.3, -0.25) is 9.59 Å². The Bertz CT molecular complexity index is 912. The van der Waals surface area contributed by atoms with Gasteiger partial charge in [-0.05, 0) is 55.3 Å². The fourth-order valence-corrected chi connectivity index (χ4v) is 3.75. The van der Waals surface area contributed by atoms with Crippen molar-refractivity contribution in [2.45, 2.75) is 36.6 Å². The fraction of sp³-hybridized carbons (Fsp3) is 0.263. The molecule has 142 valence electrons. The van der Waals surface area contributed by atoms with Gasteiger partial charge in [-0.15, -0.1) is 11.8 Å². The lowest BCUT2D eigenvalue weighted by atomic mass is 10.1. The summed E-state index contributed by atoms with van der Waals surface area (Å²) in [6, 6.07) is 8.71. The van der Waals surface area contributed by atoms with Gasteiger partial charge in [0.15, 0.2) is 0 Å². The number of hydrogen-bond acceptors (Lipinski definition) is 3. The van der Waals surface area contributed by atoms with E-state index in [1.54, 1.807) is 6.07 Å². The first-order valence-electron chi connectivity index (χ1n) is 8.19. The minimum absolute atomic E-state index is 0.0795. The van der Waals surface area contributed by atoms with Crippen LogP contribution >= 0.6 is 11.8 Å². The van der Waals surface area contributed by atoms with Gasteiger partial charge in [0.25, 0.3) is 0 Å². The molecule has 4 nitrogen and oxygen atoms in total. The van der Waals surface area contributed by atoms with Gasteiger partial charge >= 0.3 is 6.18 Å². The summed E-state index contributed by atoms with van der Waals surface area (Å²) in [5, 5.41) is 4.51. The minimum Gasteiger partial charge on any atom is -0.326 e. The summed E-state index contributed by atoms with van der Waals surface area (Å²) in [5.41, 5.74) is 2.07. The number of hydrogen-bond donors (Lipinski definition) is 2. The first-order chi connectivity index (χ1) is 12.6. The lowest BCUT2D eigenvalue weighted by molar-refractivity contribution is -0.137. The molecular weight excluding hydrogens is 377 g/mol. The van der Waals surface area contributed by atoms with E-state index in [1.807, 2.05) is 26.0 Å². The number of halogens is 3. The number of fused-ring (bicyclic) bond motifs is 1. The van der Waals surface area contributed by atoms with Crippen molar-refractivity contribution in [2.75, 3.05) is 10.6 Å². The van der Waals surface area contributed by atoms with E-state index in [0.29, 0.717) is 10.6 Å². The maximum absolute atomic E-state index is 12.8. The van der Waals surface area contributed by atoms with Crippen LogP contribution in [0, 0.1) is 13.8 Å². The number of thioether (sulfide) groups is 1. The van der Waals surface area contributed by atoms with E-state index >= 15 is 0 Å². The number of anilines is 2. The Kier molecular flexibility index (Phi) is 5.19. The molecule has 1 aliphatic heterocycles. The molecule has 0 saturated carbocycles. The number of amides is 2. The number of aryl methyl sites for hydroxylation is 2. The van der Waals surface area contributed by atoms with Gasteiger partial charge in [-0.2, -0.15) is 13.2 Å². The topological polar surface area (TPSA) is 58.2 Å². The van der Waals surface area contributed by atoms with Crippen molar-refractivity contribution in [1.82, 2.24) is 0 Å². The predicted octanol–water partition coefficient (Wildman–Crippen LogP) is 4.76. The van der Waals surface area contributed by atoms with E-state index in [-0.39, 0.29) is 18.0 Å². The second-order valence-electron chi connectivity index (χ2n) is 6.36. The molecule has 8 heteroatoms. The molecule has 2 aromatic carbocycles. The van der Waals surface area contributed by atoms with Crippen LogP contribution in [0.2, 0.25) is 0 Å². The highest BCUT2D eigenvalue weighted by Crippen LogP contribution is 2.40. The molecule has 0 saturated heterocycles. The Morgan fingerprint density at radius 2 is 1.89 bits per heavy atom. The van der Waals surface area contributed by atoms with E-state index in [2.05, 4.69) is 10.6 Å². The van der Waals surface area contributed by atoms with E-state index in [0.717, 1.165) is 35.0 Å². The largest absolute Gasteiger partial charge is 0.416 e. The molecule has 1 heterocycles. The highest BCUT2D eigenvalue weighted by Gasteiger charge is 2.34. The van der Waals surface area contributed by atoms with Gasteiger partial charge in [0.1, 0.15) is 0 Å². The van der Waals surface area contributed by atoms with Crippen LogP contribution in [0.5, 0.6) is 0 Å². The van der Waals surface area contributed by atoms with Crippen LogP contribution in [0.25, 0.3) is 0 Å². The van der Waals surface area contributed by atoms with E-state index < -0.39 is 22.9 Å². The van der Waals surface area contributed by atoms with Crippen LogP contribution in [0.15, 0.2) is 41.3 Å². The molecule has 2 amide bonds. The lowest BCUT2D eigenvalue weighted by Gasteiger charge is -2.24. The molecular formula is C19H17F3N2O2S. The molecule has 2 N–H and O–H groups in total. The Labute approximate surface area is 158 Å². The number of rotatable bonds is 3. The molecule has 0 fully saturated rings. The van der Waals surface area contributed by atoms with Crippen molar-refractivity contribution in [1.29, 1.82) is 0 Å². The maximum Gasteiger partial charge on any atom is 0.416 e. The Balaban J connectivity index is 1.69. The van der Waals surface area contributed by atoms with Crippen LogP contribution in [-0.2, 0) is 15.8 Å². The van der Waals surface area contributed by atoms with Crippen molar-refractivity contribution >= 4 is 35.0 Å². The van der Waals surface area contributed by atoms with Crippen LogP contribution in [-0.4, -0.2) is 17.1 Å². The SMILES string of the molecule is Cc1ccc(NC(=O)CC2Sc3ccc(C(F)(F)F)cc3NC2=O)cc1C. The summed E-state index contributed by atoms with van der Waals surface area (Å²) in [5.74, 6) is -0.816. The molecule has 3 rings (SSSR count). The third kappa shape index (κ3) is 4.44. The summed E-state index contributed by atoms with van der Waals surface area (Å²) in [7, 11) is 0. The number of carbonyl (C=O) groups is 2. The predicted molar refractivity (Wildman–Crippen MR) is 98.9 cm³/mol. The van der Waals surface area contributed by atoms with Crippen molar-refractivity contribution < 1.29 is 22.8 Å². The number of benzene rings is 2. The van der Waals surface area contributed by atoms with Gasteiger partial charge in [0, 0.05) is 17.0 Å². The van der Waals surface area contributed by atoms with Gasteiger partial charge < -0.3 is 10.6 Å². The van der Waals surface area contributed by atoms with Crippen LogP contribution in [0.3, 0.4) is 0 Å². The molecule has 0 aromatic heterocycles. The summed E-state index contributed by atoms with van der Waals surface area (Å²) < 4.78 is 38.4. The summed E-state index contributed by atoms with van der Waals surface area (Å²) in [6.07, 6.45) is -4.56. The highest BCUT2D eigenvalue weighted by molar-refractivity contribution is 8.01. The van der Waals surface area contributed by atoms with Crippen LogP contribution < -0.4 is 10.6 Å². The smallest absolute Gasteiger partial charge is 0.326 e. The highest BCUT2D eigenvalue weighted by atomic mass is 32.2. The Morgan fingerprint density at radius 3 is 2.56 bits per heavy atom. The second kappa shape index (κ2) is 7.26. The molecule has 0 bridgehead atoms.